The van der Waals surface area contributed by atoms with Crippen LogP contribution in [0.25, 0.3) is 0 Å². The van der Waals surface area contributed by atoms with Crippen LogP contribution < -0.4 is 10.6 Å². The van der Waals surface area contributed by atoms with Crippen LogP contribution in [-0.2, 0) is 19.4 Å². The third-order valence-corrected chi connectivity index (χ3v) is 6.01. The predicted octanol–water partition coefficient (Wildman–Crippen LogP) is 3.57. The first kappa shape index (κ1) is 19.9. The molecule has 7 heteroatoms. The quantitative estimate of drug-likeness (QED) is 0.607. The molecule has 0 bridgehead atoms. The summed E-state index contributed by atoms with van der Waals surface area (Å²) < 4.78 is 2.08. The topological polar surface area (TPSA) is 67.1 Å². The van der Waals surface area contributed by atoms with Gasteiger partial charge in [0, 0.05) is 36.6 Å². The van der Waals surface area contributed by atoms with Crippen LogP contribution in [0.5, 0.6) is 0 Å². The standard InChI is InChI=1S/C20H32N6S/c1-12(2)19-14(5)27-18(24-19)10-22-20(21-6)23-16-8-7-15-11-26(13(3)4)25-17(15)9-16/h11-13,16H,7-10H2,1-6H3,(H2,21,22,23). The number of aryl methyl sites for hydroxylation is 2. The fourth-order valence-corrected chi connectivity index (χ4v) is 4.55. The van der Waals surface area contributed by atoms with Gasteiger partial charge in [-0.15, -0.1) is 11.3 Å². The molecular weight excluding hydrogens is 356 g/mol. The minimum atomic E-state index is 0.364. The van der Waals surface area contributed by atoms with E-state index in [1.54, 1.807) is 11.3 Å². The van der Waals surface area contributed by atoms with Crippen molar-refractivity contribution in [2.24, 2.45) is 4.99 Å². The zero-order valence-corrected chi connectivity index (χ0v) is 18.2. The summed E-state index contributed by atoms with van der Waals surface area (Å²) in [6.45, 7) is 11.6. The second kappa shape index (κ2) is 8.42. The summed E-state index contributed by atoms with van der Waals surface area (Å²) in [5, 5.41) is 12.9. The number of rotatable bonds is 5. The number of guanidine groups is 1. The maximum atomic E-state index is 4.77. The van der Waals surface area contributed by atoms with Gasteiger partial charge in [-0.25, -0.2) is 4.98 Å². The Kier molecular flexibility index (Phi) is 6.19. The summed E-state index contributed by atoms with van der Waals surface area (Å²) in [4.78, 5) is 10.5. The van der Waals surface area contributed by atoms with Crippen LogP contribution in [0.3, 0.4) is 0 Å². The average molecular weight is 389 g/mol. The molecule has 2 heterocycles. The molecule has 6 nitrogen and oxygen atoms in total. The second-order valence-electron chi connectivity index (χ2n) is 7.89. The van der Waals surface area contributed by atoms with Gasteiger partial charge in [0.1, 0.15) is 5.01 Å². The number of hydrogen-bond donors (Lipinski definition) is 2. The van der Waals surface area contributed by atoms with Crippen LogP contribution in [0.15, 0.2) is 11.2 Å². The fraction of sp³-hybridized carbons (Fsp3) is 0.650. The number of aliphatic imine (C=N–C) groups is 1. The Balaban J connectivity index is 1.57. The Morgan fingerprint density at radius 3 is 2.78 bits per heavy atom. The summed E-state index contributed by atoms with van der Waals surface area (Å²) >= 11 is 1.77. The van der Waals surface area contributed by atoms with Crippen molar-refractivity contribution in [3.63, 3.8) is 0 Å². The highest BCUT2D eigenvalue weighted by molar-refractivity contribution is 7.11. The van der Waals surface area contributed by atoms with Gasteiger partial charge in [-0.3, -0.25) is 9.67 Å². The van der Waals surface area contributed by atoms with Crippen molar-refractivity contribution >= 4 is 17.3 Å². The molecule has 0 fully saturated rings. The summed E-state index contributed by atoms with van der Waals surface area (Å²) in [5.41, 5.74) is 3.82. The first-order valence-corrected chi connectivity index (χ1v) is 10.7. The van der Waals surface area contributed by atoms with Gasteiger partial charge < -0.3 is 10.6 Å². The summed E-state index contributed by atoms with van der Waals surface area (Å²) in [6.07, 6.45) is 5.33. The SMILES string of the molecule is CN=C(NCc1nc(C(C)C)c(C)s1)NC1CCc2cn(C(C)C)nc2C1. The maximum absolute atomic E-state index is 4.77. The van der Waals surface area contributed by atoms with Crippen LogP contribution in [0, 0.1) is 6.92 Å². The molecule has 0 saturated carbocycles. The number of nitrogens with one attached hydrogen (secondary N) is 2. The first-order valence-electron chi connectivity index (χ1n) is 9.87. The zero-order chi connectivity index (χ0) is 19.6. The Hall–Kier alpha value is -1.89. The Labute approximate surface area is 166 Å². The first-order chi connectivity index (χ1) is 12.9. The molecule has 0 aliphatic heterocycles. The van der Waals surface area contributed by atoms with Gasteiger partial charge in [0.15, 0.2) is 5.96 Å². The number of fused-ring (bicyclic) bond motifs is 1. The number of aromatic nitrogens is 3. The van der Waals surface area contributed by atoms with E-state index in [1.807, 2.05) is 7.05 Å². The van der Waals surface area contributed by atoms with Crippen LogP contribution in [0.2, 0.25) is 0 Å². The largest absolute Gasteiger partial charge is 0.353 e. The van der Waals surface area contributed by atoms with E-state index < -0.39 is 0 Å². The highest BCUT2D eigenvalue weighted by atomic mass is 32.1. The van der Waals surface area contributed by atoms with Crippen molar-refractivity contribution in [1.29, 1.82) is 0 Å². The molecule has 2 aromatic heterocycles. The molecule has 0 spiro atoms. The Morgan fingerprint density at radius 1 is 1.37 bits per heavy atom. The van der Waals surface area contributed by atoms with Crippen LogP contribution in [-0.4, -0.2) is 33.8 Å². The van der Waals surface area contributed by atoms with E-state index in [9.17, 15) is 0 Å². The molecule has 1 aliphatic carbocycles. The molecule has 0 aromatic carbocycles. The molecule has 0 radical (unpaired) electrons. The molecule has 148 valence electrons. The van der Waals surface area contributed by atoms with Crippen molar-refractivity contribution in [3.05, 3.63) is 33.0 Å². The summed E-state index contributed by atoms with van der Waals surface area (Å²) in [6, 6.07) is 0.775. The lowest BCUT2D eigenvalue weighted by Gasteiger charge is -2.24. The van der Waals surface area contributed by atoms with Gasteiger partial charge >= 0.3 is 0 Å². The van der Waals surface area contributed by atoms with Gasteiger partial charge in [0.05, 0.1) is 17.9 Å². The number of thiazole rings is 1. The lowest BCUT2D eigenvalue weighted by molar-refractivity contribution is 0.499. The highest BCUT2D eigenvalue weighted by Gasteiger charge is 2.23. The average Bonchev–Trinajstić information content (AvgIpc) is 3.21. The molecular formula is C20H32N6S. The second-order valence-corrected chi connectivity index (χ2v) is 9.18. The van der Waals surface area contributed by atoms with E-state index in [0.29, 0.717) is 24.5 Å². The van der Waals surface area contributed by atoms with Crippen molar-refractivity contribution in [2.75, 3.05) is 7.05 Å². The normalized spacial score (nSPS) is 17.5. The molecule has 1 atom stereocenters. The lowest BCUT2D eigenvalue weighted by Crippen LogP contribution is -2.45. The van der Waals surface area contributed by atoms with Crippen LogP contribution in [0.1, 0.15) is 72.9 Å². The Bertz CT molecular complexity index is 801. The van der Waals surface area contributed by atoms with Gasteiger partial charge in [-0.05, 0) is 45.1 Å². The van der Waals surface area contributed by atoms with Crippen molar-refractivity contribution in [1.82, 2.24) is 25.4 Å². The zero-order valence-electron chi connectivity index (χ0n) is 17.3. The molecule has 2 N–H and O–H groups in total. The van der Waals surface area contributed by atoms with Crippen LogP contribution >= 0.6 is 11.3 Å². The van der Waals surface area contributed by atoms with E-state index in [1.165, 1.54) is 21.8 Å². The lowest BCUT2D eigenvalue weighted by atomic mass is 9.94. The number of hydrogen-bond acceptors (Lipinski definition) is 4. The van der Waals surface area contributed by atoms with E-state index in [0.717, 1.165) is 30.2 Å². The van der Waals surface area contributed by atoms with E-state index in [2.05, 4.69) is 61.1 Å². The maximum Gasteiger partial charge on any atom is 0.191 e. The minimum absolute atomic E-state index is 0.364. The monoisotopic (exact) mass is 388 g/mol. The Morgan fingerprint density at radius 2 is 2.15 bits per heavy atom. The molecule has 0 saturated heterocycles. The van der Waals surface area contributed by atoms with Gasteiger partial charge in [0.2, 0.25) is 0 Å². The molecule has 27 heavy (non-hydrogen) atoms. The highest BCUT2D eigenvalue weighted by Crippen LogP contribution is 2.24. The van der Waals surface area contributed by atoms with E-state index in [-0.39, 0.29) is 0 Å². The van der Waals surface area contributed by atoms with Gasteiger partial charge in [-0.1, -0.05) is 13.8 Å². The smallest absolute Gasteiger partial charge is 0.191 e. The van der Waals surface area contributed by atoms with Gasteiger partial charge in [-0.2, -0.15) is 5.10 Å². The van der Waals surface area contributed by atoms with Crippen molar-refractivity contribution < 1.29 is 0 Å². The van der Waals surface area contributed by atoms with Crippen molar-refractivity contribution in [3.8, 4) is 0 Å². The number of nitrogens with zero attached hydrogens (tertiary/aromatic N) is 4. The molecule has 1 aliphatic rings. The van der Waals surface area contributed by atoms with E-state index in [4.69, 9.17) is 10.1 Å². The molecule has 1 unspecified atom stereocenters. The van der Waals surface area contributed by atoms with Gasteiger partial charge in [0.25, 0.3) is 0 Å². The predicted molar refractivity (Wildman–Crippen MR) is 113 cm³/mol. The summed E-state index contributed by atoms with van der Waals surface area (Å²) in [7, 11) is 1.82. The minimum Gasteiger partial charge on any atom is -0.353 e. The van der Waals surface area contributed by atoms with Crippen molar-refractivity contribution in [2.45, 2.75) is 78.4 Å². The molecule has 3 rings (SSSR count). The molecule has 0 amide bonds. The third kappa shape index (κ3) is 4.69. The molecule has 2 aromatic rings. The van der Waals surface area contributed by atoms with E-state index >= 15 is 0 Å². The third-order valence-electron chi connectivity index (χ3n) is 5.02. The fourth-order valence-electron chi connectivity index (χ4n) is 3.52. The van der Waals surface area contributed by atoms with Crippen LogP contribution in [0.4, 0.5) is 0 Å². The summed E-state index contributed by atoms with van der Waals surface area (Å²) in [5.74, 6) is 1.31.